The van der Waals surface area contributed by atoms with E-state index in [0.717, 1.165) is 21.3 Å². The number of nitrogens with zero attached hydrogens (tertiary/aromatic N) is 1. The molecule has 0 saturated heterocycles. The highest BCUT2D eigenvalue weighted by atomic mass is 35.5. The van der Waals surface area contributed by atoms with Crippen molar-refractivity contribution in [1.29, 1.82) is 0 Å². The SMILES string of the molecule is Cl.Nc1cc(-c2ccc(Cl)cc2)ns1. The minimum atomic E-state index is 0. The van der Waals surface area contributed by atoms with Gasteiger partial charge in [-0.3, -0.25) is 0 Å². The van der Waals surface area contributed by atoms with Crippen LogP contribution in [0.4, 0.5) is 5.00 Å². The highest BCUT2D eigenvalue weighted by Crippen LogP contribution is 2.24. The zero-order valence-electron chi connectivity index (χ0n) is 7.11. The van der Waals surface area contributed by atoms with Gasteiger partial charge in [0.25, 0.3) is 0 Å². The number of hydrogen-bond donors (Lipinski definition) is 1. The van der Waals surface area contributed by atoms with Crippen molar-refractivity contribution in [3.05, 3.63) is 35.4 Å². The smallest absolute Gasteiger partial charge is 0.107 e. The number of halogens is 2. The summed E-state index contributed by atoms with van der Waals surface area (Å²) in [5.74, 6) is 0. The monoisotopic (exact) mass is 246 g/mol. The summed E-state index contributed by atoms with van der Waals surface area (Å²) in [6.45, 7) is 0. The van der Waals surface area contributed by atoms with Gasteiger partial charge in [0.1, 0.15) is 5.00 Å². The quantitative estimate of drug-likeness (QED) is 0.837. The molecule has 14 heavy (non-hydrogen) atoms. The van der Waals surface area contributed by atoms with E-state index >= 15 is 0 Å². The lowest BCUT2D eigenvalue weighted by Gasteiger charge is -1.94. The number of aromatic nitrogens is 1. The number of rotatable bonds is 1. The maximum Gasteiger partial charge on any atom is 0.107 e. The van der Waals surface area contributed by atoms with Crippen molar-refractivity contribution in [1.82, 2.24) is 4.37 Å². The molecule has 0 radical (unpaired) electrons. The van der Waals surface area contributed by atoms with E-state index in [-0.39, 0.29) is 12.4 Å². The average Bonchev–Trinajstić information content (AvgIpc) is 2.53. The van der Waals surface area contributed by atoms with Crippen LogP contribution < -0.4 is 5.73 Å². The normalized spacial score (nSPS) is 9.50. The Kier molecular flexibility index (Phi) is 3.75. The van der Waals surface area contributed by atoms with Crippen molar-refractivity contribution < 1.29 is 0 Å². The molecule has 0 aliphatic carbocycles. The van der Waals surface area contributed by atoms with E-state index in [1.807, 2.05) is 30.3 Å². The summed E-state index contributed by atoms with van der Waals surface area (Å²) in [5.41, 5.74) is 7.52. The Labute approximate surface area is 97.3 Å². The largest absolute Gasteiger partial charge is 0.389 e. The molecule has 1 aromatic carbocycles. The average molecular weight is 247 g/mol. The highest BCUT2D eigenvalue weighted by molar-refractivity contribution is 7.10. The van der Waals surface area contributed by atoms with Crippen molar-refractivity contribution >= 4 is 40.5 Å². The molecular weight excluding hydrogens is 239 g/mol. The fraction of sp³-hybridized carbons (Fsp3) is 0. The summed E-state index contributed by atoms with van der Waals surface area (Å²) in [5, 5.41) is 1.46. The Hall–Kier alpha value is -0.770. The van der Waals surface area contributed by atoms with Gasteiger partial charge in [-0.2, -0.15) is 4.37 Å². The van der Waals surface area contributed by atoms with E-state index in [9.17, 15) is 0 Å². The van der Waals surface area contributed by atoms with Crippen LogP contribution in [0, 0.1) is 0 Å². The topological polar surface area (TPSA) is 38.9 Å². The maximum atomic E-state index is 5.76. The van der Waals surface area contributed by atoms with Crippen LogP contribution in [0.2, 0.25) is 5.02 Å². The molecule has 2 aromatic rings. The molecule has 0 spiro atoms. The summed E-state index contributed by atoms with van der Waals surface area (Å²) in [6, 6.07) is 9.39. The molecule has 74 valence electrons. The second-order valence-electron chi connectivity index (χ2n) is 2.62. The summed E-state index contributed by atoms with van der Waals surface area (Å²) in [4.78, 5) is 0. The first-order valence-corrected chi connectivity index (χ1v) is 4.89. The molecule has 1 heterocycles. The fourth-order valence-corrected chi connectivity index (χ4v) is 1.70. The Morgan fingerprint density at radius 1 is 1.21 bits per heavy atom. The summed E-state index contributed by atoms with van der Waals surface area (Å²) in [7, 11) is 0. The first kappa shape index (κ1) is 11.3. The predicted octanol–water partition coefficient (Wildman–Crippen LogP) is 3.47. The van der Waals surface area contributed by atoms with Gasteiger partial charge < -0.3 is 5.73 Å². The van der Waals surface area contributed by atoms with Gasteiger partial charge in [0, 0.05) is 16.7 Å². The minimum Gasteiger partial charge on any atom is -0.389 e. The van der Waals surface area contributed by atoms with E-state index in [1.165, 1.54) is 11.5 Å². The second-order valence-corrected chi connectivity index (χ2v) is 3.89. The van der Waals surface area contributed by atoms with Gasteiger partial charge in [0.2, 0.25) is 0 Å². The van der Waals surface area contributed by atoms with E-state index in [0.29, 0.717) is 0 Å². The molecule has 2 rings (SSSR count). The second kappa shape index (κ2) is 4.64. The lowest BCUT2D eigenvalue weighted by Crippen LogP contribution is -1.76. The zero-order chi connectivity index (χ0) is 9.26. The van der Waals surface area contributed by atoms with Gasteiger partial charge in [-0.25, -0.2) is 0 Å². The van der Waals surface area contributed by atoms with Crippen LogP contribution in [0.25, 0.3) is 11.3 Å². The molecule has 5 heteroatoms. The first-order valence-electron chi connectivity index (χ1n) is 3.74. The molecule has 0 aliphatic heterocycles. The van der Waals surface area contributed by atoms with E-state index in [1.54, 1.807) is 0 Å². The third-order valence-electron chi connectivity index (χ3n) is 1.67. The van der Waals surface area contributed by atoms with Crippen LogP contribution in [0.5, 0.6) is 0 Å². The molecule has 0 aliphatic rings. The number of hydrogen-bond acceptors (Lipinski definition) is 3. The third-order valence-corrected chi connectivity index (χ3v) is 2.54. The van der Waals surface area contributed by atoms with E-state index < -0.39 is 0 Å². The summed E-state index contributed by atoms with van der Waals surface area (Å²) in [6.07, 6.45) is 0. The van der Waals surface area contributed by atoms with Crippen LogP contribution in [0.3, 0.4) is 0 Å². The standard InChI is InChI=1S/C9H7ClN2S.ClH/c10-7-3-1-6(2-4-7)8-5-9(11)13-12-8;/h1-5H,11H2;1H. The van der Waals surface area contributed by atoms with Gasteiger partial charge in [-0.15, -0.1) is 12.4 Å². The number of nitrogen functional groups attached to an aromatic ring is 1. The lowest BCUT2D eigenvalue weighted by molar-refractivity contribution is 1.52. The molecule has 2 N–H and O–H groups in total. The van der Waals surface area contributed by atoms with Crippen molar-refractivity contribution in [3.63, 3.8) is 0 Å². The first-order chi connectivity index (χ1) is 6.25. The van der Waals surface area contributed by atoms with Crippen LogP contribution in [0.15, 0.2) is 30.3 Å². The van der Waals surface area contributed by atoms with Crippen LogP contribution in [-0.4, -0.2) is 4.37 Å². The van der Waals surface area contributed by atoms with Gasteiger partial charge in [0.05, 0.1) is 5.69 Å². The van der Waals surface area contributed by atoms with Crippen molar-refractivity contribution in [3.8, 4) is 11.3 Å². The van der Waals surface area contributed by atoms with Gasteiger partial charge in [0.15, 0.2) is 0 Å². The van der Waals surface area contributed by atoms with Crippen LogP contribution in [-0.2, 0) is 0 Å². The fourth-order valence-electron chi connectivity index (χ4n) is 1.05. The summed E-state index contributed by atoms with van der Waals surface area (Å²) < 4.78 is 4.19. The molecule has 0 unspecified atom stereocenters. The molecule has 0 fully saturated rings. The van der Waals surface area contributed by atoms with Crippen molar-refractivity contribution in [2.24, 2.45) is 0 Å². The highest BCUT2D eigenvalue weighted by Gasteiger charge is 2.01. The predicted molar refractivity (Wildman–Crippen MR) is 64.2 cm³/mol. The molecule has 0 atom stereocenters. The Morgan fingerprint density at radius 3 is 2.36 bits per heavy atom. The zero-order valence-corrected chi connectivity index (χ0v) is 9.49. The van der Waals surface area contributed by atoms with Gasteiger partial charge in [-0.05, 0) is 23.7 Å². The molecule has 2 nitrogen and oxygen atoms in total. The van der Waals surface area contributed by atoms with Gasteiger partial charge in [-0.1, -0.05) is 23.7 Å². The van der Waals surface area contributed by atoms with Crippen LogP contribution >= 0.6 is 35.5 Å². The minimum absolute atomic E-state index is 0. The number of nitrogens with two attached hydrogens (primary N) is 1. The number of anilines is 1. The lowest BCUT2D eigenvalue weighted by atomic mass is 10.2. The molecule has 0 saturated carbocycles. The Balaban J connectivity index is 0.000000980. The van der Waals surface area contributed by atoms with Gasteiger partial charge >= 0.3 is 0 Å². The van der Waals surface area contributed by atoms with Crippen LogP contribution in [0.1, 0.15) is 0 Å². The summed E-state index contributed by atoms with van der Waals surface area (Å²) >= 11 is 7.06. The maximum absolute atomic E-state index is 5.76. The molecule has 1 aromatic heterocycles. The van der Waals surface area contributed by atoms with E-state index in [4.69, 9.17) is 17.3 Å². The van der Waals surface area contributed by atoms with Crippen molar-refractivity contribution in [2.45, 2.75) is 0 Å². The third kappa shape index (κ3) is 2.38. The molecule has 0 amide bonds. The van der Waals surface area contributed by atoms with Crippen molar-refractivity contribution in [2.75, 3.05) is 5.73 Å². The Bertz CT molecular complexity index is 411. The molecule has 0 bridgehead atoms. The molecular formula is C9H8Cl2N2S. The Morgan fingerprint density at radius 2 is 1.86 bits per heavy atom. The number of benzene rings is 1. The van der Waals surface area contributed by atoms with E-state index in [2.05, 4.69) is 4.37 Å².